The maximum atomic E-state index is 12.9. The Morgan fingerprint density at radius 3 is 2.00 bits per heavy atom. The Morgan fingerprint density at radius 2 is 1.44 bits per heavy atom. The van der Waals surface area contributed by atoms with Crippen LogP contribution in [0.2, 0.25) is 0 Å². The molecule has 1 fully saturated rings. The van der Waals surface area contributed by atoms with Gasteiger partial charge in [-0.05, 0) is 45.7 Å². The minimum atomic E-state index is -3.95. The topological polar surface area (TPSA) is 89.3 Å². The van der Waals surface area contributed by atoms with Gasteiger partial charge in [-0.15, -0.1) is 0 Å². The number of aromatic nitrogens is 2. The van der Waals surface area contributed by atoms with Crippen LogP contribution in [-0.4, -0.2) is 43.4 Å². The smallest absolute Gasteiger partial charge is 0.207 e. The van der Waals surface area contributed by atoms with E-state index in [9.17, 15) is 16.8 Å². The summed E-state index contributed by atoms with van der Waals surface area (Å²) in [6, 6.07) is 6.38. The zero-order chi connectivity index (χ0) is 18.4. The van der Waals surface area contributed by atoms with Gasteiger partial charge in [0.2, 0.25) is 10.0 Å². The lowest BCUT2D eigenvalue weighted by Gasteiger charge is -2.15. The molecule has 0 aliphatic carbocycles. The third kappa shape index (κ3) is 3.00. The molecule has 25 heavy (non-hydrogen) atoms. The van der Waals surface area contributed by atoms with E-state index in [0.717, 1.165) is 22.5 Å². The molecule has 0 radical (unpaired) electrons. The number of benzene rings is 1. The van der Waals surface area contributed by atoms with Crippen LogP contribution in [0, 0.1) is 20.8 Å². The second kappa shape index (κ2) is 6.22. The summed E-state index contributed by atoms with van der Waals surface area (Å²) in [5.74, 6) is 0. The van der Waals surface area contributed by atoms with Crippen LogP contribution in [0.5, 0.6) is 0 Å². The van der Waals surface area contributed by atoms with Gasteiger partial charge >= 0.3 is 0 Å². The van der Waals surface area contributed by atoms with Gasteiger partial charge in [-0.1, -0.05) is 17.7 Å². The van der Waals surface area contributed by atoms with Gasteiger partial charge in [0.25, 0.3) is 10.0 Å². The molecule has 2 aromatic rings. The molecular weight excluding hydrogens is 362 g/mol. The monoisotopic (exact) mass is 383 g/mol. The molecule has 0 unspecified atom stereocenters. The van der Waals surface area contributed by atoms with E-state index >= 15 is 0 Å². The normalized spacial score (nSPS) is 16.4. The van der Waals surface area contributed by atoms with Gasteiger partial charge in [0.15, 0.2) is 0 Å². The van der Waals surface area contributed by atoms with Crippen molar-refractivity contribution in [3.05, 3.63) is 41.2 Å². The van der Waals surface area contributed by atoms with Crippen molar-refractivity contribution in [2.75, 3.05) is 13.1 Å². The van der Waals surface area contributed by atoms with Crippen molar-refractivity contribution in [3.8, 4) is 0 Å². The molecule has 7 nitrogen and oxygen atoms in total. The minimum Gasteiger partial charge on any atom is -0.207 e. The molecule has 0 saturated carbocycles. The molecule has 1 aromatic carbocycles. The van der Waals surface area contributed by atoms with Crippen molar-refractivity contribution in [2.24, 2.45) is 0 Å². The first-order chi connectivity index (χ1) is 11.7. The highest BCUT2D eigenvalue weighted by Crippen LogP contribution is 2.28. The van der Waals surface area contributed by atoms with Gasteiger partial charge in [0.1, 0.15) is 4.90 Å². The number of hydrogen-bond acceptors (Lipinski definition) is 5. The summed E-state index contributed by atoms with van der Waals surface area (Å²) in [4.78, 5) is 0.0684. The predicted molar refractivity (Wildman–Crippen MR) is 93.5 cm³/mol. The van der Waals surface area contributed by atoms with Crippen LogP contribution in [0.3, 0.4) is 0 Å². The standard InChI is InChI=1S/C16H21N3O4S2/c1-12-6-8-15(9-7-12)24(20,21)19-14(3)16(13(2)17-19)25(22,23)18-10-4-5-11-18/h6-9H,4-5,10-11H2,1-3H3. The summed E-state index contributed by atoms with van der Waals surface area (Å²) >= 11 is 0. The molecule has 2 heterocycles. The summed E-state index contributed by atoms with van der Waals surface area (Å²) in [6.07, 6.45) is 1.63. The van der Waals surface area contributed by atoms with Crippen LogP contribution in [0.15, 0.2) is 34.1 Å². The van der Waals surface area contributed by atoms with Gasteiger partial charge in [-0.3, -0.25) is 0 Å². The highest BCUT2D eigenvalue weighted by Gasteiger charge is 2.35. The van der Waals surface area contributed by atoms with Crippen LogP contribution < -0.4 is 0 Å². The fraction of sp³-hybridized carbons (Fsp3) is 0.438. The van der Waals surface area contributed by atoms with Crippen LogP contribution in [0.4, 0.5) is 0 Å². The van der Waals surface area contributed by atoms with Gasteiger partial charge in [-0.2, -0.15) is 21.9 Å². The third-order valence-corrected chi connectivity index (χ3v) is 8.22. The maximum Gasteiger partial charge on any atom is 0.283 e. The van der Waals surface area contributed by atoms with E-state index < -0.39 is 20.0 Å². The van der Waals surface area contributed by atoms with Crippen molar-refractivity contribution in [2.45, 2.75) is 43.4 Å². The highest BCUT2D eigenvalue weighted by molar-refractivity contribution is 7.90. The average Bonchev–Trinajstić information content (AvgIpc) is 3.16. The molecule has 1 saturated heterocycles. The first kappa shape index (κ1) is 18.1. The lowest BCUT2D eigenvalue weighted by Crippen LogP contribution is -2.29. The number of aryl methyl sites for hydroxylation is 2. The fourth-order valence-corrected chi connectivity index (χ4v) is 6.37. The number of sulfonamides is 1. The molecule has 0 spiro atoms. The Kier molecular flexibility index (Phi) is 4.50. The van der Waals surface area contributed by atoms with Gasteiger partial charge in [-0.25, -0.2) is 8.42 Å². The zero-order valence-electron chi connectivity index (χ0n) is 14.4. The maximum absolute atomic E-state index is 12.9. The molecule has 9 heteroatoms. The van der Waals surface area contributed by atoms with Crippen LogP contribution >= 0.6 is 0 Å². The van der Waals surface area contributed by atoms with E-state index in [-0.39, 0.29) is 21.2 Å². The number of hydrogen-bond donors (Lipinski definition) is 0. The van der Waals surface area contributed by atoms with E-state index in [1.807, 2.05) is 6.92 Å². The first-order valence-corrected chi connectivity index (χ1v) is 10.9. The Labute approximate surface area is 148 Å². The highest BCUT2D eigenvalue weighted by atomic mass is 32.2. The van der Waals surface area contributed by atoms with E-state index in [2.05, 4.69) is 5.10 Å². The molecule has 1 aromatic heterocycles. The average molecular weight is 383 g/mol. The molecule has 0 N–H and O–H groups in total. The molecule has 136 valence electrons. The molecule has 0 amide bonds. The Balaban J connectivity index is 2.13. The predicted octanol–water partition coefficient (Wildman–Crippen LogP) is 1.83. The van der Waals surface area contributed by atoms with E-state index in [4.69, 9.17) is 0 Å². The molecule has 1 aliphatic rings. The SMILES string of the molecule is Cc1ccc(S(=O)(=O)n2nc(C)c(S(=O)(=O)N3CCCC3)c2C)cc1. The van der Waals surface area contributed by atoms with E-state index in [1.165, 1.54) is 30.3 Å². The number of rotatable bonds is 4. The van der Waals surface area contributed by atoms with Crippen molar-refractivity contribution in [1.29, 1.82) is 0 Å². The minimum absolute atomic E-state index is 0.00918. The van der Waals surface area contributed by atoms with Gasteiger partial charge in [0, 0.05) is 13.1 Å². The molecule has 0 bridgehead atoms. The molecular formula is C16H21N3O4S2. The molecule has 1 aliphatic heterocycles. The summed E-state index contributed by atoms with van der Waals surface area (Å²) < 4.78 is 53.7. The van der Waals surface area contributed by atoms with Gasteiger partial charge < -0.3 is 0 Å². The van der Waals surface area contributed by atoms with E-state index in [0.29, 0.717) is 13.1 Å². The van der Waals surface area contributed by atoms with Crippen LogP contribution in [-0.2, 0) is 20.0 Å². The Hall–Kier alpha value is -1.71. The Morgan fingerprint density at radius 1 is 0.880 bits per heavy atom. The van der Waals surface area contributed by atoms with Crippen molar-refractivity contribution >= 4 is 20.0 Å². The number of nitrogens with zero attached hydrogens (tertiary/aromatic N) is 3. The summed E-state index contributed by atoms with van der Waals surface area (Å²) in [5.41, 5.74) is 1.25. The van der Waals surface area contributed by atoms with Crippen LogP contribution in [0.25, 0.3) is 0 Å². The molecule has 3 rings (SSSR count). The lowest BCUT2D eigenvalue weighted by atomic mass is 10.2. The summed E-state index contributed by atoms with van der Waals surface area (Å²) in [7, 11) is -7.69. The Bertz CT molecular complexity index is 1000. The van der Waals surface area contributed by atoms with Crippen molar-refractivity contribution in [1.82, 2.24) is 13.5 Å². The zero-order valence-corrected chi connectivity index (χ0v) is 16.1. The van der Waals surface area contributed by atoms with Crippen molar-refractivity contribution in [3.63, 3.8) is 0 Å². The van der Waals surface area contributed by atoms with E-state index in [1.54, 1.807) is 12.1 Å². The van der Waals surface area contributed by atoms with Crippen molar-refractivity contribution < 1.29 is 16.8 Å². The second-order valence-electron chi connectivity index (χ2n) is 6.27. The summed E-state index contributed by atoms with van der Waals surface area (Å²) in [5, 5.41) is 4.04. The largest absolute Gasteiger partial charge is 0.283 e. The second-order valence-corrected chi connectivity index (χ2v) is 9.91. The quantitative estimate of drug-likeness (QED) is 0.803. The van der Waals surface area contributed by atoms with Gasteiger partial charge in [0.05, 0.1) is 16.3 Å². The fourth-order valence-electron chi connectivity index (χ4n) is 3.08. The lowest BCUT2D eigenvalue weighted by molar-refractivity contribution is 0.476. The summed E-state index contributed by atoms with van der Waals surface area (Å²) in [6.45, 7) is 5.78. The molecule has 0 atom stereocenters. The van der Waals surface area contributed by atoms with Crippen LogP contribution in [0.1, 0.15) is 29.8 Å². The third-order valence-electron chi connectivity index (χ3n) is 4.39. The first-order valence-electron chi connectivity index (χ1n) is 8.04.